The number of para-hydroxylation sites is 1. The Morgan fingerprint density at radius 2 is 1.71 bits per heavy atom. The maximum Gasteiger partial charge on any atom is 0.292 e. The Labute approximate surface area is 146 Å². The molecule has 0 aliphatic carbocycles. The molecule has 3 rings (SSSR count). The number of H-pyrrole nitrogens is 1. The zero-order valence-electron chi connectivity index (χ0n) is 12.3. The third-order valence-electron chi connectivity index (χ3n) is 2.53. The molecule has 2 heterocycles. The van der Waals surface area contributed by atoms with Crippen LogP contribution in [0.4, 0.5) is 5.69 Å². The van der Waals surface area contributed by atoms with Gasteiger partial charge < -0.3 is 5.73 Å². The number of hydrogen-bond acceptors (Lipinski definition) is 6. The zero-order valence-corrected chi connectivity index (χ0v) is 13.8. The van der Waals surface area contributed by atoms with Gasteiger partial charge in [-0.25, -0.2) is 10.4 Å². The fourth-order valence-corrected chi connectivity index (χ4v) is 1.64. The van der Waals surface area contributed by atoms with Gasteiger partial charge in [0.1, 0.15) is 5.02 Å². The second-order valence-electron chi connectivity index (χ2n) is 4.08. The summed E-state index contributed by atoms with van der Waals surface area (Å²) in [5, 5.41) is 13.5. The lowest BCUT2D eigenvalue weighted by atomic mass is 10.3. The number of nitrogens with zero attached hydrogens (tertiary/aromatic N) is 3. The molecule has 0 bridgehead atoms. The van der Waals surface area contributed by atoms with Crippen LogP contribution < -0.4 is 22.1 Å². The van der Waals surface area contributed by atoms with Gasteiger partial charge in [-0.15, -0.1) is 0 Å². The second kappa shape index (κ2) is 10.2. The van der Waals surface area contributed by atoms with Crippen LogP contribution in [-0.4, -0.2) is 20.0 Å². The SMILES string of the molecule is NCl.Nc1cnn(-c2ccccc2)c(=O)c1Cl.O=c1cccn[nH]1. The van der Waals surface area contributed by atoms with E-state index < -0.39 is 5.56 Å². The van der Waals surface area contributed by atoms with E-state index >= 15 is 0 Å². The highest BCUT2D eigenvalue weighted by atomic mass is 35.5. The van der Waals surface area contributed by atoms with E-state index in [1.54, 1.807) is 18.2 Å². The number of benzene rings is 1. The Balaban J connectivity index is 0.000000268. The first-order valence-corrected chi connectivity index (χ1v) is 7.21. The van der Waals surface area contributed by atoms with Gasteiger partial charge in [-0.1, -0.05) is 29.8 Å². The van der Waals surface area contributed by atoms with E-state index in [0.717, 1.165) is 0 Å². The van der Waals surface area contributed by atoms with E-state index in [9.17, 15) is 9.59 Å². The van der Waals surface area contributed by atoms with Gasteiger partial charge in [-0.3, -0.25) is 9.59 Å². The van der Waals surface area contributed by atoms with Crippen molar-refractivity contribution in [2.75, 3.05) is 5.73 Å². The van der Waals surface area contributed by atoms with E-state index in [2.05, 4.69) is 32.3 Å². The predicted octanol–water partition coefficient (Wildman–Crippen LogP) is 1.34. The van der Waals surface area contributed by atoms with Crippen LogP contribution in [0.25, 0.3) is 5.69 Å². The van der Waals surface area contributed by atoms with Crippen molar-refractivity contribution in [1.82, 2.24) is 20.0 Å². The molecule has 10 heteroatoms. The minimum Gasteiger partial charge on any atom is -0.396 e. The summed E-state index contributed by atoms with van der Waals surface area (Å²) in [6.45, 7) is 0. The number of halogens is 2. The molecule has 0 saturated carbocycles. The highest BCUT2D eigenvalue weighted by molar-refractivity contribution is 6.32. The molecule has 126 valence electrons. The van der Waals surface area contributed by atoms with Crippen molar-refractivity contribution in [2.45, 2.75) is 0 Å². The molecule has 0 amide bonds. The number of nitrogens with one attached hydrogen (secondary N) is 1. The predicted molar refractivity (Wildman–Crippen MR) is 94.2 cm³/mol. The summed E-state index contributed by atoms with van der Waals surface area (Å²) in [4.78, 5) is 21.8. The van der Waals surface area contributed by atoms with E-state index in [-0.39, 0.29) is 16.3 Å². The van der Waals surface area contributed by atoms with Gasteiger partial charge in [-0.05, 0) is 30.0 Å². The highest BCUT2D eigenvalue weighted by Gasteiger charge is 2.07. The molecule has 0 radical (unpaired) electrons. The molecule has 0 atom stereocenters. The number of nitrogens with two attached hydrogens (primary N) is 2. The normalized spacial score (nSPS) is 9.12. The molecule has 0 aliphatic rings. The summed E-state index contributed by atoms with van der Waals surface area (Å²) in [6, 6.07) is 12.0. The Morgan fingerprint density at radius 1 is 1.04 bits per heavy atom. The minimum absolute atomic E-state index is 0.00569. The summed E-state index contributed by atoms with van der Waals surface area (Å²) in [5.74, 6) is 0. The van der Waals surface area contributed by atoms with Crippen molar-refractivity contribution < 1.29 is 0 Å². The average molecular weight is 369 g/mol. The second-order valence-corrected chi connectivity index (χ2v) is 4.46. The standard InChI is InChI=1S/C10H8ClN3O.C4H4N2O.ClH2N/c11-9-8(12)6-13-14(10(9)15)7-4-2-1-3-5-7;7-4-2-1-3-5-6-4;1-2/h1-6H,12H2;1-3H,(H,6,7);2H2. The van der Waals surface area contributed by atoms with E-state index in [1.165, 1.54) is 23.1 Å². The van der Waals surface area contributed by atoms with E-state index in [0.29, 0.717) is 5.69 Å². The lowest BCUT2D eigenvalue weighted by Gasteiger charge is -2.04. The number of nitrogen functional groups attached to an aromatic ring is 1. The van der Waals surface area contributed by atoms with Gasteiger partial charge in [0.25, 0.3) is 11.1 Å². The van der Waals surface area contributed by atoms with Crippen LogP contribution in [0.1, 0.15) is 0 Å². The van der Waals surface area contributed by atoms with Crippen LogP contribution in [0.15, 0.2) is 64.4 Å². The van der Waals surface area contributed by atoms with E-state index in [4.69, 9.17) is 17.3 Å². The number of aromatic amines is 1. The average Bonchev–Trinajstić information content (AvgIpc) is 2.63. The van der Waals surface area contributed by atoms with E-state index in [1.807, 2.05) is 18.2 Å². The Bertz CT molecular complexity index is 849. The maximum atomic E-state index is 11.7. The fraction of sp³-hybridized carbons (Fsp3) is 0. The Kier molecular flexibility index (Phi) is 8.20. The van der Waals surface area contributed by atoms with Gasteiger partial charge in [0, 0.05) is 12.3 Å². The van der Waals surface area contributed by atoms with Gasteiger partial charge in [0.2, 0.25) is 0 Å². The molecule has 0 fully saturated rings. The van der Waals surface area contributed by atoms with Crippen LogP contribution in [0.3, 0.4) is 0 Å². The third-order valence-corrected chi connectivity index (χ3v) is 2.91. The van der Waals surface area contributed by atoms with Crippen LogP contribution in [-0.2, 0) is 0 Å². The fourth-order valence-electron chi connectivity index (χ4n) is 1.51. The van der Waals surface area contributed by atoms with Gasteiger partial charge in [-0.2, -0.15) is 14.9 Å². The van der Waals surface area contributed by atoms with Crippen molar-refractivity contribution in [3.63, 3.8) is 0 Å². The lowest BCUT2D eigenvalue weighted by molar-refractivity contribution is 0.809. The number of rotatable bonds is 1. The van der Waals surface area contributed by atoms with Crippen molar-refractivity contribution in [3.8, 4) is 5.69 Å². The first kappa shape index (κ1) is 19.4. The molecule has 5 N–H and O–H groups in total. The molecule has 0 unspecified atom stereocenters. The molecule has 3 aromatic rings. The molecular formula is C14H14Cl2N6O2. The first-order chi connectivity index (χ1) is 11.6. The summed E-state index contributed by atoms with van der Waals surface area (Å²) >= 11 is 9.87. The minimum atomic E-state index is -0.414. The maximum absolute atomic E-state index is 11.7. The number of hydrogen-bond donors (Lipinski definition) is 3. The zero-order chi connectivity index (χ0) is 17.9. The molecule has 0 aliphatic heterocycles. The van der Waals surface area contributed by atoms with Crippen LogP contribution in [0, 0.1) is 0 Å². The van der Waals surface area contributed by atoms with Crippen LogP contribution in [0.5, 0.6) is 0 Å². The summed E-state index contributed by atoms with van der Waals surface area (Å²) in [6.07, 6.45) is 2.87. The van der Waals surface area contributed by atoms with Crippen molar-refractivity contribution in [1.29, 1.82) is 0 Å². The summed E-state index contributed by atoms with van der Waals surface area (Å²) in [5.41, 5.74) is 5.73. The smallest absolute Gasteiger partial charge is 0.292 e. The molecule has 1 aromatic carbocycles. The van der Waals surface area contributed by atoms with Crippen LogP contribution >= 0.6 is 23.4 Å². The number of anilines is 1. The number of aromatic nitrogens is 4. The van der Waals surface area contributed by atoms with Gasteiger partial charge in [0.15, 0.2) is 0 Å². The van der Waals surface area contributed by atoms with Crippen molar-refractivity contribution >= 4 is 29.1 Å². The Morgan fingerprint density at radius 3 is 2.21 bits per heavy atom. The molecule has 8 nitrogen and oxygen atoms in total. The van der Waals surface area contributed by atoms with Crippen LogP contribution in [0.2, 0.25) is 5.02 Å². The molecule has 2 aromatic heterocycles. The molecule has 24 heavy (non-hydrogen) atoms. The van der Waals surface area contributed by atoms with Gasteiger partial charge in [0.05, 0.1) is 17.6 Å². The van der Waals surface area contributed by atoms with Gasteiger partial charge >= 0.3 is 0 Å². The first-order valence-electron chi connectivity index (χ1n) is 6.40. The molecule has 0 spiro atoms. The quantitative estimate of drug-likeness (QED) is 0.555. The largest absolute Gasteiger partial charge is 0.396 e. The summed E-state index contributed by atoms with van der Waals surface area (Å²) < 4.78 is 1.21. The molecule has 0 saturated heterocycles. The van der Waals surface area contributed by atoms with Crippen molar-refractivity contribution in [3.05, 3.63) is 80.6 Å². The molecular weight excluding hydrogens is 355 g/mol. The Hall–Kier alpha value is -2.68. The monoisotopic (exact) mass is 368 g/mol. The van der Waals surface area contributed by atoms with Crippen molar-refractivity contribution in [2.24, 2.45) is 5.25 Å². The summed E-state index contributed by atoms with van der Waals surface area (Å²) in [7, 11) is 0. The third kappa shape index (κ3) is 5.51. The lowest BCUT2D eigenvalue weighted by Crippen LogP contribution is -2.22. The highest BCUT2D eigenvalue weighted by Crippen LogP contribution is 2.11. The topological polar surface area (TPSA) is 133 Å².